The minimum absolute atomic E-state index is 0.123. The Labute approximate surface area is 126 Å². The number of hydrogen-bond acceptors (Lipinski definition) is 3. The highest BCUT2D eigenvalue weighted by Crippen LogP contribution is 2.24. The predicted molar refractivity (Wildman–Crippen MR) is 85.9 cm³/mol. The van der Waals surface area contributed by atoms with Crippen molar-refractivity contribution in [2.24, 2.45) is 0 Å². The molecule has 0 atom stereocenters. The fraction of sp³-hybridized carbons (Fsp3) is 0.118. The second kappa shape index (κ2) is 5.11. The number of hydrogen-bond donors (Lipinski definition) is 2. The molecule has 5 heteroatoms. The number of nitrogens with zero attached hydrogens (tertiary/aromatic N) is 2. The number of H-pyrrole nitrogens is 2. The number of aryl methyl sites for hydroxylation is 2. The molecule has 0 saturated heterocycles. The Bertz CT molecular complexity index is 1000. The van der Waals surface area contributed by atoms with Gasteiger partial charge in [0, 0.05) is 5.56 Å². The zero-order valence-electron chi connectivity index (χ0n) is 11.8. The van der Waals surface area contributed by atoms with Crippen molar-refractivity contribution < 1.29 is 0 Å². The van der Waals surface area contributed by atoms with Crippen molar-refractivity contribution in [1.29, 1.82) is 0 Å². The van der Waals surface area contributed by atoms with Crippen LogP contribution in [0.2, 0.25) is 0 Å². The Morgan fingerprint density at radius 3 is 2.55 bits per heavy atom. The molecule has 2 N–H and O–H groups in total. The molecule has 0 unspecified atom stereocenters. The van der Waals surface area contributed by atoms with Gasteiger partial charge in [-0.15, -0.1) is 0 Å². The Morgan fingerprint density at radius 2 is 1.68 bits per heavy atom. The molecule has 2 aromatic carbocycles. The number of fused-ring (bicyclic) bond motifs is 2. The summed E-state index contributed by atoms with van der Waals surface area (Å²) in [5.41, 5.74) is 4.65. The van der Waals surface area contributed by atoms with Crippen molar-refractivity contribution in [3.8, 4) is 0 Å². The highest BCUT2D eigenvalue weighted by Gasteiger charge is 2.13. The van der Waals surface area contributed by atoms with E-state index >= 15 is 0 Å². The second-order valence-corrected chi connectivity index (χ2v) is 5.27. The third kappa shape index (κ3) is 2.07. The lowest BCUT2D eigenvalue weighted by atomic mass is 10.0. The number of nitrogens with one attached hydrogen (secondary N) is 2. The predicted octanol–water partition coefficient (Wildman–Crippen LogP) is 2.58. The standard InChI is InChI=1S/C17H14N4O/c22-17-13-8-14-16(20-9-18-14)12(15(13)19-10-21-17)7-6-11-4-2-1-3-5-11/h1-5,8-10H,6-7H2,(H,18,20)(H,19,21,22). The summed E-state index contributed by atoms with van der Waals surface area (Å²) in [6.45, 7) is 0. The lowest BCUT2D eigenvalue weighted by Gasteiger charge is -2.07. The van der Waals surface area contributed by atoms with Crippen molar-refractivity contribution in [2.75, 3.05) is 0 Å². The number of imidazole rings is 1. The quantitative estimate of drug-likeness (QED) is 0.609. The van der Waals surface area contributed by atoms with Crippen LogP contribution in [0.25, 0.3) is 21.9 Å². The van der Waals surface area contributed by atoms with E-state index in [0.717, 1.165) is 35.0 Å². The molecule has 0 saturated carbocycles. The van der Waals surface area contributed by atoms with Crippen molar-refractivity contribution >= 4 is 21.9 Å². The molecule has 2 aromatic heterocycles. The molecular weight excluding hydrogens is 276 g/mol. The third-order valence-electron chi connectivity index (χ3n) is 3.92. The van der Waals surface area contributed by atoms with E-state index < -0.39 is 0 Å². The average molecular weight is 290 g/mol. The van der Waals surface area contributed by atoms with Gasteiger partial charge < -0.3 is 9.97 Å². The molecular formula is C17H14N4O. The summed E-state index contributed by atoms with van der Waals surface area (Å²) >= 11 is 0. The summed E-state index contributed by atoms with van der Waals surface area (Å²) < 4.78 is 0. The van der Waals surface area contributed by atoms with E-state index in [4.69, 9.17) is 0 Å². The van der Waals surface area contributed by atoms with E-state index in [1.165, 1.54) is 11.9 Å². The van der Waals surface area contributed by atoms with Crippen LogP contribution < -0.4 is 5.56 Å². The van der Waals surface area contributed by atoms with Crippen LogP contribution in [0, 0.1) is 0 Å². The molecule has 5 nitrogen and oxygen atoms in total. The van der Waals surface area contributed by atoms with Gasteiger partial charge >= 0.3 is 0 Å². The first-order valence-corrected chi connectivity index (χ1v) is 7.19. The molecule has 2 heterocycles. The molecule has 4 aromatic rings. The van der Waals surface area contributed by atoms with Gasteiger partial charge in [0.1, 0.15) is 0 Å². The maximum absolute atomic E-state index is 12.0. The van der Waals surface area contributed by atoms with Crippen LogP contribution in [-0.4, -0.2) is 19.9 Å². The molecule has 0 aliphatic rings. The summed E-state index contributed by atoms with van der Waals surface area (Å²) in [6.07, 6.45) is 4.79. The minimum atomic E-state index is -0.123. The lowest BCUT2D eigenvalue weighted by molar-refractivity contribution is 0.968. The normalized spacial score (nSPS) is 11.3. The molecule has 0 bridgehead atoms. The maximum Gasteiger partial charge on any atom is 0.258 e. The lowest BCUT2D eigenvalue weighted by Crippen LogP contribution is -2.08. The molecule has 4 rings (SSSR count). The van der Waals surface area contributed by atoms with Crippen molar-refractivity contribution in [1.82, 2.24) is 19.9 Å². The summed E-state index contributed by atoms with van der Waals surface area (Å²) in [7, 11) is 0. The smallest absolute Gasteiger partial charge is 0.258 e. The number of aromatic amines is 2. The molecule has 22 heavy (non-hydrogen) atoms. The fourth-order valence-electron chi connectivity index (χ4n) is 2.85. The van der Waals surface area contributed by atoms with Crippen LogP contribution in [0.5, 0.6) is 0 Å². The zero-order valence-corrected chi connectivity index (χ0v) is 11.8. The maximum atomic E-state index is 12.0. The van der Waals surface area contributed by atoms with E-state index in [0.29, 0.717) is 5.39 Å². The molecule has 108 valence electrons. The summed E-state index contributed by atoms with van der Waals surface area (Å²) in [4.78, 5) is 26.5. The number of aromatic nitrogens is 4. The Kier molecular flexibility index (Phi) is 2.96. The van der Waals surface area contributed by atoms with Crippen LogP contribution in [0.4, 0.5) is 0 Å². The van der Waals surface area contributed by atoms with Gasteiger partial charge in [0.05, 0.1) is 34.6 Å². The first-order valence-electron chi connectivity index (χ1n) is 7.19. The monoisotopic (exact) mass is 290 g/mol. The molecule has 0 fully saturated rings. The van der Waals surface area contributed by atoms with Gasteiger partial charge in [-0.25, -0.2) is 9.97 Å². The first kappa shape index (κ1) is 12.8. The summed E-state index contributed by atoms with van der Waals surface area (Å²) in [6, 6.07) is 12.1. The molecule has 0 amide bonds. The van der Waals surface area contributed by atoms with Crippen LogP contribution in [-0.2, 0) is 12.8 Å². The van der Waals surface area contributed by atoms with Crippen LogP contribution >= 0.6 is 0 Å². The highest BCUT2D eigenvalue weighted by molar-refractivity contribution is 5.96. The van der Waals surface area contributed by atoms with Gasteiger partial charge in [-0.1, -0.05) is 30.3 Å². The van der Waals surface area contributed by atoms with Crippen molar-refractivity contribution in [3.63, 3.8) is 0 Å². The van der Waals surface area contributed by atoms with E-state index in [2.05, 4.69) is 32.1 Å². The topological polar surface area (TPSA) is 74.4 Å². The van der Waals surface area contributed by atoms with Crippen molar-refractivity contribution in [3.05, 3.63) is 70.5 Å². The van der Waals surface area contributed by atoms with E-state index in [1.807, 2.05) is 24.3 Å². The van der Waals surface area contributed by atoms with Gasteiger partial charge in [-0.05, 0) is 24.5 Å². The zero-order chi connectivity index (χ0) is 14.9. The Balaban J connectivity index is 1.88. The van der Waals surface area contributed by atoms with Crippen LogP contribution in [0.15, 0.2) is 53.8 Å². The molecule has 0 aliphatic heterocycles. The highest BCUT2D eigenvalue weighted by atomic mass is 16.1. The summed E-state index contributed by atoms with van der Waals surface area (Å²) in [5.74, 6) is 0. The Morgan fingerprint density at radius 1 is 0.909 bits per heavy atom. The van der Waals surface area contributed by atoms with Crippen LogP contribution in [0.3, 0.4) is 0 Å². The van der Waals surface area contributed by atoms with E-state index in [-0.39, 0.29) is 5.56 Å². The number of benzene rings is 2. The SMILES string of the molecule is O=c1[nH]cnc2c(CCc3ccccc3)c3nc[nH]c3cc12. The summed E-state index contributed by atoms with van der Waals surface area (Å²) in [5, 5.41) is 0.599. The second-order valence-electron chi connectivity index (χ2n) is 5.27. The molecule has 0 radical (unpaired) electrons. The van der Waals surface area contributed by atoms with Gasteiger partial charge in [0.25, 0.3) is 5.56 Å². The van der Waals surface area contributed by atoms with Gasteiger partial charge in [-0.3, -0.25) is 4.79 Å². The van der Waals surface area contributed by atoms with E-state index in [1.54, 1.807) is 6.33 Å². The fourth-order valence-corrected chi connectivity index (χ4v) is 2.85. The number of rotatable bonds is 3. The minimum Gasteiger partial charge on any atom is -0.345 e. The molecule has 0 spiro atoms. The van der Waals surface area contributed by atoms with E-state index in [9.17, 15) is 4.79 Å². The van der Waals surface area contributed by atoms with Gasteiger partial charge in [-0.2, -0.15) is 0 Å². The van der Waals surface area contributed by atoms with Gasteiger partial charge in [0.15, 0.2) is 0 Å². The van der Waals surface area contributed by atoms with Crippen LogP contribution in [0.1, 0.15) is 11.1 Å². The first-order chi connectivity index (χ1) is 10.8. The van der Waals surface area contributed by atoms with Gasteiger partial charge in [0.2, 0.25) is 0 Å². The average Bonchev–Trinajstić information content (AvgIpc) is 3.02. The largest absolute Gasteiger partial charge is 0.345 e. The molecule has 0 aliphatic carbocycles. The van der Waals surface area contributed by atoms with Crippen molar-refractivity contribution in [2.45, 2.75) is 12.8 Å². The Hall–Kier alpha value is -2.95. The third-order valence-corrected chi connectivity index (χ3v) is 3.92.